The second-order valence-electron chi connectivity index (χ2n) is 2.42. The van der Waals surface area contributed by atoms with E-state index in [0.717, 1.165) is 6.54 Å². The van der Waals surface area contributed by atoms with Gasteiger partial charge in [0.05, 0.1) is 0 Å². The first kappa shape index (κ1) is 10.2. The molecule has 0 heterocycles. The molecule has 1 N–H and O–H groups in total. The number of rotatable bonds is 5. The van der Waals surface area contributed by atoms with Crippen molar-refractivity contribution < 1.29 is 4.79 Å². The summed E-state index contributed by atoms with van der Waals surface area (Å²) in [4.78, 5) is 12.8. The van der Waals surface area contributed by atoms with Crippen LogP contribution in [0.4, 0.5) is 0 Å². The Hall–Kier alpha value is -0.830. The van der Waals surface area contributed by atoms with Crippen LogP contribution >= 0.6 is 0 Å². The zero-order valence-electron chi connectivity index (χ0n) is 7.26. The number of nitrogens with one attached hydrogen (secondary N) is 1. The van der Waals surface area contributed by atoms with Gasteiger partial charge in [0.25, 0.3) is 0 Å². The molecule has 0 spiro atoms. The number of carbonyl (C=O) groups excluding carboxylic acids is 1. The third-order valence-corrected chi connectivity index (χ3v) is 1.42. The van der Waals surface area contributed by atoms with Crippen molar-refractivity contribution >= 4 is 5.91 Å². The maximum absolute atomic E-state index is 11.1. The summed E-state index contributed by atoms with van der Waals surface area (Å²) in [6, 6.07) is 0. The van der Waals surface area contributed by atoms with Gasteiger partial charge in [0.15, 0.2) is 0 Å². The molecule has 3 nitrogen and oxygen atoms in total. The average Bonchev–Trinajstić information content (AvgIpc) is 2.00. The lowest BCUT2D eigenvalue weighted by Gasteiger charge is -2.13. The number of hydrogen-bond acceptors (Lipinski definition) is 2. The van der Waals surface area contributed by atoms with E-state index < -0.39 is 0 Å². The van der Waals surface area contributed by atoms with Gasteiger partial charge in [0, 0.05) is 26.6 Å². The van der Waals surface area contributed by atoms with Crippen molar-refractivity contribution in [3.05, 3.63) is 12.7 Å². The minimum Gasteiger partial charge on any atom is -0.342 e. The maximum Gasteiger partial charge on any atom is 0.223 e. The molecule has 0 aromatic rings. The van der Waals surface area contributed by atoms with E-state index in [2.05, 4.69) is 11.9 Å². The van der Waals surface area contributed by atoms with Gasteiger partial charge >= 0.3 is 0 Å². The van der Waals surface area contributed by atoms with Crippen LogP contribution in [0.5, 0.6) is 0 Å². The predicted octanol–water partition coefficient (Wildman–Crippen LogP) is 0.240. The molecule has 0 aliphatic heterocycles. The molecular formula is C8H16N2O. The van der Waals surface area contributed by atoms with Crippen LogP contribution in [-0.4, -0.2) is 38.0 Å². The van der Waals surface area contributed by atoms with Crippen molar-refractivity contribution in [2.45, 2.75) is 6.42 Å². The average molecular weight is 156 g/mol. The van der Waals surface area contributed by atoms with Crippen LogP contribution < -0.4 is 5.32 Å². The highest BCUT2D eigenvalue weighted by Gasteiger charge is 2.04. The van der Waals surface area contributed by atoms with Crippen molar-refractivity contribution in [2.24, 2.45) is 0 Å². The van der Waals surface area contributed by atoms with Crippen LogP contribution in [0.2, 0.25) is 0 Å². The van der Waals surface area contributed by atoms with E-state index >= 15 is 0 Å². The minimum atomic E-state index is 0.152. The smallest absolute Gasteiger partial charge is 0.223 e. The SMILES string of the molecule is C=CCN(C)C(=O)CCNC. The summed E-state index contributed by atoms with van der Waals surface area (Å²) >= 11 is 0. The zero-order valence-corrected chi connectivity index (χ0v) is 7.26. The van der Waals surface area contributed by atoms with Gasteiger partial charge in [-0.05, 0) is 7.05 Å². The molecule has 64 valence electrons. The molecule has 0 aliphatic carbocycles. The Kier molecular flexibility index (Phi) is 5.47. The summed E-state index contributed by atoms with van der Waals surface area (Å²) in [7, 11) is 3.61. The summed E-state index contributed by atoms with van der Waals surface area (Å²) < 4.78 is 0. The number of hydrogen-bond donors (Lipinski definition) is 1. The predicted molar refractivity (Wildman–Crippen MR) is 46.4 cm³/mol. The maximum atomic E-state index is 11.1. The highest BCUT2D eigenvalue weighted by atomic mass is 16.2. The van der Waals surface area contributed by atoms with Crippen LogP contribution in [0.1, 0.15) is 6.42 Å². The fraction of sp³-hybridized carbons (Fsp3) is 0.625. The fourth-order valence-corrected chi connectivity index (χ4v) is 0.718. The Balaban J connectivity index is 3.54. The number of nitrogens with zero attached hydrogens (tertiary/aromatic N) is 1. The highest BCUT2D eigenvalue weighted by Crippen LogP contribution is 1.88. The first-order chi connectivity index (χ1) is 5.22. The number of carbonyl (C=O) groups is 1. The van der Waals surface area contributed by atoms with E-state index in [0.29, 0.717) is 13.0 Å². The van der Waals surface area contributed by atoms with Gasteiger partial charge in [-0.3, -0.25) is 4.79 Å². The Morgan fingerprint density at radius 2 is 2.36 bits per heavy atom. The molecule has 0 fully saturated rings. The van der Waals surface area contributed by atoms with E-state index in [9.17, 15) is 4.79 Å². The summed E-state index contributed by atoms with van der Waals surface area (Å²) in [5.41, 5.74) is 0. The van der Waals surface area contributed by atoms with Crippen LogP contribution in [0.25, 0.3) is 0 Å². The summed E-state index contributed by atoms with van der Waals surface area (Å²) in [5, 5.41) is 2.92. The normalized spacial score (nSPS) is 9.27. The lowest BCUT2D eigenvalue weighted by molar-refractivity contribution is -0.129. The molecular weight excluding hydrogens is 140 g/mol. The highest BCUT2D eigenvalue weighted by molar-refractivity contribution is 5.76. The van der Waals surface area contributed by atoms with E-state index in [1.807, 2.05) is 7.05 Å². The Morgan fingerprint density at radius 3 is 2.82 bits per heavy atom. The van der Waals surface area contributed by atoms with Gasteiger partial charge in [0.2, 0.25) is 5.91 Å². The monoisotopic (exact) mass is 156 g/mol. The Bertz CT molecular complexity index is 134. The molecule has 0 radical (unpaired) electrons. The quantitative estimate of drug-likeness (QED) is 0.578. The van der Waals surface area contributed by atoms with Crippen LogP contribution in [0.3, 0.4) is 0 Å². The molecule has 0 saturated heterocycles. The fourth-order valence-electron chi connectivity index (χ4n) is 0.718. The lowest BCUT2D eigenvalue weighted by atomic mass is 10.3. The largest absolute Gasteiger partial charge is 0.342 e. The van der Waals surface area contributed by atoms with Crippen molar-refractivity contribution in [2.75, 3.05) is 27.2 Å². The standard InChI is InChI=1S/C8H16N2O/c1-4-7-10(3)8(11)5-6-9-2/h4,9H,1,5-7H2,2-3H3. The van der Waals surface area contributed by atoms with Gasteiger partial charge in [-0.15, -0.1) is 6.58 Å². The third kappa shape index (κ3) is 4.56. The molecule has 0 aromatic heterocycles. The summed E-state index contributed by atoms with van der Waals surface area (Å²) in [5.74, 6) is 0.152. The van der Waals surface area contributed by atoms with Gasteiger partial charge < -0.3 is 10.2 Å². The summed E-state index contributed by atoms with van der Waals surface area (Å²) in [6.45, 7) is 4.92. The molecule has 0 unspecified atom stereocenters. The molecule has 11 heavy (non-hydrogen) atoms. The second-order valence-corrected chi connectivity index (χ2v) is 2.42. The molecule has 0 bridgehead atoms. The third-order valence-electron chi connectivity index (χ3n) is 1.42. The van der Waals surface area contributed by atoms with Gasteiger partial charge in [-0.1, -0.05) is 6.08 Å². The molecule has 0 saturated carbocycles. The number of amides is 1. The molecule has 0 aliphatic rings. The second kappa shape index (κ2) is 5.92. The van der Waals surface area contributed by atoms with E-state index in [-0.39, 0.29) is 5.91 Å². The minimum absolute atomic E-state index is 0.152. The van der Waals surface area contributed by atoms with E-state index in [1.54, 1.807) is 18.0 Å². The van der Waals surface area contributed by atoms with Crippen molar-refractivity contribution in [1.29, 1.82) is 0 Å². The zero-order chi connectivity index (χ0) is 8.69. The molecule has 0 aromatic carbocycles. The van der Waals surface area contributed by atoms with Crippen LogP contribution in [0, 0.1) is 0 Å². The Labute approximate surface area is 68.1 Å². The van der Waals surface area contributed by atoms with Crippen molar-refractivity contribution in [3.8, 4) is 0 Å². The first-order valence-electron chi connectivity index (χ1n) is 3.71. The Morgan fingerprint density at radius 1 is 1.73 bits per heavy atom. The molecule has 3 heteroatoms. The topological polar surface area (TPSA) is 32.3 Å². The summed E-state index contributed by atoms with van der Waals surface area (Å²) in [6.07, 6.45) is 2.28. The lowest BCUT2D eigenvalue weighted by Crippen LogP contribution is -2.29. The van der Waals surface area contributed by atoms with Crippen LogP contribution in [0.15, 0.2) is 12.7 Å². The van der Waals surface area contributed by atoms with Crippen LogP contribution in [-0.2, 0) is 4.79 Å². The molecule has 0 rings (SSSR count). The molecule has 0 atom stereocenters. The van der Waals surface area contributed by atoms with Gasteiger partial charge in [0.1, 0.15) is 0 Å². The first-order valence-corrected chi connectivity index (χ1v) is 3.71. The molecule has 1 amide bonds. The van der Waals surface area contributed by atoms with Gasteiger partial charge in [-0.25, -0.2) is 0 Å². The van der Waals surface area contributed by atoms with Gasteiger partial charge in [-0.2, -0.15) is 0 Å². The van der Waals surface area contributed by atoms with E-state index in [4.69, 9.17) is 0 Å². The van der Waals surface area contributed by atoms with Crippen molar-refractivity contribution in [1.82, 2.24) is 10.2 Å². The van der Waals surface area contributed by atoms with Crippen molar-refractivity contribution in [3.63, 3.8) is 0 Å². The van der Waals surface area contributed by atoms with E-state index in [1.165, 1.54) is 0 Å². The number of likely N-dealkylation sites (N-methyl/N-ethyl adjacent to an activating group) is 1.